The Morgan fingerprint density at radius 1 is 0.974 bits per heavy atom. The quantitative estimate of drug-likeness (QED) is 0.228. The van der Waals surface area contributed by atoms with Crippen molar-refractivity contribution in [3.63, 3.8) is 0 Å². The molecule has 0 saturated carbocycles. The number of nitrogens with one attached hydrogen (secondary N) is 2. The lowest BCUT2D eigenvalue weighted by Gasteiger charge is -2.35. The van der Waals surface area contributed by atoms with Crippen LogP contribution in [0.3, 0.4) is 0 Å². The van der Waals surface area contributed by atoms with Gasteiger partial charge in [0.1, 0.15) is 17.7 Å². The lowest BCUT2D eigenvalue weighted by molar-refractivity contribution is -0.142. The zero-order chi connectivity index (χ0) is 28.1. The van der Waals surface area contributed by atoms with E-state index in [4.69, 9.17) is 4.74 Å². The summed E-state index contributed by atoms with van der Waals surface area (Å²) in [5.74, 6) is -0.581. The number of alkyl carbamates (subject to hydrolysis) is 1. The van der Waals surface area contributed by atoms with Crippen LogP contribution in [0.25, 0.3) is 0 Å². The topological polar surface area (TPSA) is 87.7 Å². The Labute approximate surface area is 233 Å². The number of benzene rings is 2. The monoisotopic (exact) mass is 541 g/mol. The molecule has 2 unspecified atom stereocenters. The van der Waals surface area contributed by atoms with Gasteiger partial charge in [0, 0.05) is 18.8 Å². The molecule has 8 heteroatoms. The minimum absolute atomic E-state index is 0.0651. The van der Waals surface area contributed by atoms with Crippen LogP contribution >= 0.6 is 12.6 Å². The molecule has 0 bridgehead atoms. The molecule has 38 heavy (non-hydrogen) atoms. The van der Waals surface area contributed by atoms with Gasteiger partial charge in [-0.15, -0.1) is 0 Å². The number of carbonyl (C=O) groups is 3. The molecule has 7 nitrogen and oxygen atoms in total. The second kappa shape index (κ2) is 15.4. The number of amides is 3. The third-order valence-electron chi connectivity index (χ3n) is 6.06. The number of unbranched alkanes of at least 4 members (excludes halogenated alkanes) is 3. The Balaban J connectivity index is 2.41. The fourth-order valence-corrected chi connectivity index (χ4v) is 4.38. The summed E-state index contributed by atoms with van der Waals surface area (Å²) in [6.07, 6.45) is 3.05. The van der Waals surface area contributed by atoms with Gasteiger partial charge in [-0.05, 0) is 50.8 Å². The minimum Gasteiger partial charge on any atom is -0.444 e. The van der Waals surface area contributed by atoms with E-state index in [0.29, 0.717) is 13.1 Å². The number of ether oxygens (including phenoxy) is 1. The minimum atomic E-state index is -0.951. The number of rotatable bonds is 13. The molecule has 0 radical (unpaired) electrons. The Morgan fingerprint density at radius 2 is 1.63 bits per heavy atom. The summed E-state index contributed by atoms with van der Waals surface area (Å²) < 4.78 is 5.38. The molecule has 0 saturated heterocycles. The molecule has 2 rings (SSSR count). The summed E-state index contributed by atoms with van der Waals surface area (Å²) in [5.41, 5.74) is 1.90. The van der Waals surface area contributed by atoms with Gasteiger partial charge in [-0.3, -0.25) is 9.59 Å². The number of nitrogens with zero attached hydrogens (tertiary/aromatic N) is 1. The third kappa shape index (κ3) is 10.0. The van der Waals surface area contributed by atoms with E-state index in [2.05, 4.69) is 30.2 Å². The maximum atomic E-state index is 14.0. The molecule has 0 aromatic heterocycles. The van der Waals surface area contributed by atoms with Crippen LogP contribution in [0.15, 0.2) is 54.6 Å². The second-order valence-corrected chi connectivity index (χ2v) is 10.8. The number of carbonyl (C=O) groups excluding carboxylic acids is 3. The zero-order valence-corrected chi connectivity index (χ0v) is 24.2. The maximum absolute atomic E-state index is 14.0. The van der Waals surface area contributed by atoms with E-state index < -0.39 is 23.8 Å². The SMILES string of the molecule is CCCCCCN(C(=O)C(CS)NC(=O)OC(C)(C)C)C(C(=O)NCc1ccccc1)c1ccccc1C. The van der Waals surface area contributed by atoms with Crippen LogP contribution in [0.4, 0.5) is 4.79 Å². The van der Waals surface area contributed by atoms with Crippen LogP contribution in [-0.4, -0.2) is 46.7 Å². The van der Waals surface area contributed by atoms with Gasteiger partial charge >= 0.3 is 6.09 Å². The third-order valence-corrected chi connectivity index (χ3v) is 6.43. The number of hydrogen-bond acceptors (Lipinski definition) is 5. The van der Waals surface area contributed by atoms with Crippen LogP contribution in [0.5, 0.6) is 0 Å². The normalized spacial score (nSPS) is 12.8. The van der Waals surface area contributed by atoms with Crippen LogP contribution in [0.1, 0.15) is 76.1 Å². The van der Waals surface area contributed by atoms with Gasteiger partial charge in [0.25, 0.3) is 0 Å². The zero-order valence-electron chi connectivity index (χ0n) is 23.3. The highest BCUT2D eigenvalue weighted by Crippen LogP contribution is 2.26. The smallest absolute Gasteiger partial charge is 0.408 e. The average Bonchev–Trinajstić information content (AvgIpc) is 2.87. The van der Waals surface area contributed by atoms with Crippen molar-refractivity contribution in [2.75, 3.05) is 12.3 Å². The molecule has 2 aromatic carbocycles. The fraction of sp³-hybridized carbons (Fsp3) is 0.500. The van der Waals surface area contributed by atoms with Crippen molar-refractivity contribution in [3.8, 4) is 0 Å². The average molecular weight is 542 g/mol. The number of hydrogen-bond donors (Lipinski definition) is 3. The van der Waals surface area contributed by atoms with Crippen molar-refractivity contribution in [1.82, 2.24) is 15.5 Å². The summed E-state index contributed by atoms with van der Waals surface area (Å²) in [6, 6.07) is 15.4. The molecule has 2 aromatic rings. The first-order valence-corrected chi connectivity index (χ1v) is 14.0. The predicted octanol–water partition coefficient (Wildman–Crippen LogP) is 5.58. The van der Waals surface area contributed by atoms with Crippen LogP contribution < -0.4 is 10.6 Å². The fourth-order valence-electron chi connectivity index (χ4n) is 4.14. The van der Waals surface area contributed by atoms with E-state index in [1.807, 2.05) is 61.5 Å². The van der Waals surface area contributed by atoms with Crippen LogP contribution in [0, 0.1) is 6.92 Å². The summed E-state index contributed by atoms with van der Waals surface area (Å²) in [5, 5.41) is 5.69. The Hall–Kier alpha value is -3.00. The van der Waals surface area contributed by atoms with Gasteiger partial charge in [-0.1, -0.05) is 80.8 Å². The molecule has 0 heterocycles. The first-order valence-electron chi connectivity index (χ1n) is 13.4. The molecule has 3 amide bonds. The Morgan fingerprint density at radius 3 is 2.24 bits per heavy atom. The molecule has 0 aliphatic rings. The Kier molecular flexibility index (Phi) is 12.7. The molecule has 0 spiro atoms. The van der Waals surface area contributed by atoms with Crippen molar-refractivity contribution < 1.29 is 19.1 Å². The first-order chi connectivity index (χ1) is 18.1. The molecule has 2 atom stereocenters. The van der Waals surface area contributed by atoms with E-state index in [0.717, 1.165) is 42.4 Å². The first kappa shape index (κ1) is 31.2. The number of aryl methyl sites for hydroxylation is 1. The predicted molar refractivity (Wildman–Crippen MR) is 155 cm³/mol. The second-order valence-electron chi connectivity index (χ2n) is 10.4. The van der Waals surface area contributed by atoms with Crippen molar-refractivity contribution >= 4 is 30.5 Å². The van der Waals surface area contributed by atoms with Crippen molar-refractivity contribution in [2.45, 2.75) is 84.5 Å². The van der Waals surface area contributed by atoms with Crippen molar-refractivity contribution in [3.05, 3.63) is 71.3 Å². The van der Waals surface area contributed by atoms with Gasteiger partial charge in [-0.2, -0.15) is 12.6 Å². The summed E-state index contributed by atoms with van der Waals surface area (Å²) >= 11 is 4.36. The van der Waals surface area contributed by atoms with Crippen LogP contribution in [-0.2, 0) is 20.9 Å². The highest BCUT2D eigenvalue weighted by molar-refractivity contribution is 7.80. The summed E-state index contributed by atoms with van der Waals surface area (Å²) in [4.78, 5) is 41.9. The van der Waals surface area contributed by atoms with Crippen LogP contribution in [0.2, 0.25) is 0 Å². The summed E-state index contributed by atoms with van der Waals surface area (Å²) in [7, 11) is 0. The van der Waals surface area contributed by atoms with Gasteiger partial charge in [0.15, 0.2) is 0 Å². The highest BCUT2D eigenvalue weighted by atomic mass is 32.1. The van der Waals surface area contributed by atoms with E-state index in [-0.39, 0.29) is 17.6 Å². The van der Waals surface area contributed by atoms with Gasteiger partial charge in [0.05, 0.1) is 0 Å². The molecular weight excluding hydrogens is 498 g/mol. The number of thiol groups is 1. The largest absolute Gasteiger partial charge is 0.444 e. The van der Waals surface area contributed by atoms with E-state index in [1.165, 1.54) is 0 Å². The standard InChI is InChI=1S/C30H43N3O4S/c1-6-7-8-14-19-33(28(35)25(21-38)32-29(36)37-30(3,4)5)26(24-18-13-12-15-22(24)2)27(34)31-20-23-16-10-9-11-17-23/h9-13,15-18,25-26,38H,6-8,14,19-21H2,1-5H3,(H,31,34)(H,32,36). The van der Waals surface area contributed by atoms with Gasteiger partial charge in [0.2, 0.25) is 11.8 Å². The van der Waals surface area contributed by atoms with Crippen molar-refractivity contribution in [1.29, 1.82) is 0 Å². The van der Waals surface area contributed by atoms with E-state index in [9.17, 15) is 14.4 Å². The molecular formula is C30H43N3O4S. The molecule has 208 valence electrons. The Bertz CT molecular complexity index is 1040. The molecule has 0 fully saturated rings. The maximum Gasteiger partial charge on any atom is 0.408 e. The lowest BCUT2D eigenvalue weighted by atomic mass is 9.97. The van der Waals surface area contributed by atoms with Gasteiger partial charge < -0.3 is 20.3 Å². The van der Waals surface area contributed by atoms with Gasteiger partial charge in [-0.25, -0.2) is 4.79 Å². The van der Waals surface area contributed by atoms with Crippen molar-refractivity contribution in [2.24, 2.45) is 0 Å². The molecule has 0 aliphatic carbocycles. The summed E-state index contributed by atoms with van der Waals surface area (Å²) in [6.45, 7) is 10.0. The molecule has 2 N–H and O–H groups in total. The lowest BCUT2D eigenvalue weighted by Crippen LogP contribution is -2.54. The van der Waals surface area contributed by atoms with E-state index in [1.54, 1.807) is 25.7 Å². The highest BCUT2D eigenvalue weighted by Gasteiger charge is 2.36. The molecule has 0 aliphatic heterocycles. The van der Waals surface area contributed by atoms with E-state index >= 15 is 0 Å².